The van der Waals surface area contributed by atoms with Crippen molar-refractivity contribution in [3.63, 3.8) is 0 Å². The lowest BCUT2D eigenvalue weighted by molar-refractivity contribution is 0.784. The van der Waals surface area contributed by atoms with Crippen LogP contribution in [0.1, 0.15) is 18.3 Å². The SMILES string of the molecule is CCc1nnn(-c2cc(Cl)ccc2NC)c1C. The van der Waals surface area contributed by atoms with Crippen LogP contribution in [0, 0.1) is 6.92 Å². The summed E-state index contributed by atoms with van der Waals surface area (Å²) >= 11 is 6.03. The molecule has 0 unspecified atom stereocenters. The third kappa shape index (κ3) is 2.13. The molecule has 0 radical (unpaired) electrons. The molecule has 0 saturated carbocycles. The van der Waals surface area contributed by atoms with Crippen molar-refractivity contribution in [1.29, 1.82) is 0 Å². The molecular formula is C12H15ClN4. The molecule has 0 fully saturated rings. The average molecular weight is 251 g/mol. The minimum Gasteiger partial charge on any atom is -0.386 e. The van der Waals surface area contributed by atoms with Crippen LogP contribution in [0.5, 0.6) is 0 Å². The molecule has 0 atom stereocenters. The van der Waals surface area contributed by atoms with Crippen LogP contribution in [0.15, 0.2) is 18.2 Å². The molecule has 2 rings (SSSR count). The Bertz CT molecular complexity index is 533. The Hall–Kier alpha value is -1.55. The Morgan fingerprint density at radius 1 is 1.41 bits per heavy atom. The van der Waals surface area contributed by atoms with E-state index in [4.69, 9.17) is 11.6 Å². The van der Waals surface area contributed by atoms with E-state index in [1.54, 1.807) is 0 Å². The van der Waals surface area contributed by atoms with Crippen molar-refractivity contribution in [3.05, 3.63) is 34.6 Å². The first-order valence-corrected chi connectivity index (χ1v) is 5.94. The highest BCUT2D eigenvalue weighted by Crippen LogP contribution is 2.25. The summed E-state index contributed by atoms with van der Waals surface area (Å²) in [5.41, 5.74) is 3.95. The Morgan fingerprint density at radius 2 is 2.18 bits per heavy atom. The van der Waals surface area contributed by atoms with E-state index in [0.29, 0.717) is 5.02 Å². The molecule has 0 amide bonds. The maximum Gasteiger partial charge on any atom is 0.0912 e. The fraction of sp³-hybridized carbons (Fsp3) is 0.333. The lowest BCUT2D eigenvalue weighted by Crippen LogP contribution is -2.04. The Kier molecular flexibility index (Phi) is 3.33. The molecule has 0 bridgehead atoms. The van der Waals surface area contributed by atoms with Crippen LogP contribution >= 0.6 is 11.6 Å². The van der Waals surface area contributed by atoms with Gasteiger partial charge in [-0.2, -0.15) is 0 Å². The summed E-state index contributed by atoms with van der Waals surface area (Å²) in [7, 11) is 1.87. The van der Waals surface area contributed by atoms with Gasteiger partial charge >= 0.3 is 0 Å². The smallest absolute Gasteiger partial charge is 0.0912 e. The molecule has 17 heavy (non-hydrogen) atoms. The molecular weight excluding hydrogens is 236 g/mol. The fourth-order valence-corrected chi connectivity index (χ4v) is 1.97. The van der Waals surface area contributed by atoms with Crippen LogP contribution in [-0.4, -0.2) is 22.0 Å². The zero-order valence-corrected chi connectivity index (χ0v) is 10.9. The molecule has 0 aliphatic rings. The van der Waals surface area contributed by atoms with Crippen molar-refractivity contribution in [1.82, 2.24) is 15.0 Å². The number of halogens is 1. The number of aryl methyl sites for hydroxylation is 1. The molecule has 90 valence electrons. The highest BCUT2D eigenvalue weighted by molar-refractivity contribution is 6.30. The second kappa shape index (κ2) is 4.75. The number of hydrogen-bond donors (Lipinski definition) is 1. The van der Waals surface area contributed by atoms with Gasteiger partial charge in [0.1, 0.15) is 0 Å². The molecule has 4 nitrogen and oxygen atoms in total. The number of benzene rings is 1. The van der Waals surface area contributed by atoms with E-state index in [1.807, 2.05) is 36.9 Å². The standard InChI is InChI=1S/C12H15ClN4/c1-4-10-8(2)17(16-15-10)12-7-9(13)5-6-11(12)14-3/h5-7,14H,4H2,1-3H3. The maximum absolute atomic E-state index is 6.03. The Morgan fingerprint density at radius 3 is 2.76 bits per heavy atom. The molecule has 2 aromatic rings. The van der Waals surface area contributed by atoms with Crippen molar-refractivity contribution in [2.75, 3.05) is 12.4 Å². The third-order valence-corrected chi connectivity index (χ3v) is 3.02. The number of anilines is 1. The summed E-state index contributed by atoms with van der Waals surface area (Å²) in [6.07, 6.45) is 0.876. The summed E-state index contributed by atoms with van der Waals surface area (Å²) in [5.74, 6) is 0. The highest BCUT2D eigenvalue weighted by Gasteiger charge is 2.11. The maximum atomic E-state index is 6.03. The summed E-state index contributed by atoms with van der Waals surface area (Å²) in [6.45, 7) is 4.08. The van der Waals surface area contributed by atoms with Crippen molar-refractivity contribution in [2.45, 2.75) is 20.3 Å². The van der Waals surface area contributed by atoms with Crippen LogP contribution in [0.4, 0.5) is 5.69 Å². The van der Waals surface area contributed by atoms with Crippen molar-refractivity contribution < 1.29 is 0 Å². The van der Waals surface area contributed by atoms with Gasteiger partial charge in [-0.25, -0.2) is 4.68 Å². The lowest BCUT2D eigenvalue weighted by Gasteiger charge is -2.10. The quantitative estimate of drug-likeness (QED) is 0.911. The summed E-state index contributed by atoms with van der Waals surface area (Å²) < 4.78 is 1.82. The van der Waals surface area contributed by atoms with Gasteiger partial charge in [-0.15, -0.1) is 5.10 Å². The van der Waals surface area contributed by atoms with E-state index in [1.165, 1.54) is 0 Å². The first-order valence-electron chi connectivity index (χ1n) is 5.56. The van der Waals surface area contributed by atoms with Crippen molar-refractivity contribution >= 4 is 17.3 Å². The molecule has 0 saturated heterocycles. The summed E-state index contributed by atoms with van der Waals surface area (Å²) in [4.78, 5) is 0. The molecule has 5 heteroatoms. The van der Waals surface area contributed by atoms with Gasteiger partial charge in [0.05, 0.1) is 22.8 Å². The number of nitrogens with one attached hydrogen (secondary N) is 1. The number of nitrogens with zero attached hydrogens (tertiary/aromatic N) is 3. The Labute approximate surface area is 106 Å². The molecule has 0 aliphatic heterocycles. The van der Waals surface area contributed by atoms with Crippen LogP contribution in [0.25, 0.3) is 5.69 Å². The number of hydrogen-bond acceptors (Lipinski definition) is 3. The topological polar surface area (TPSA) is 42.7 Å². The van der Waals surface area contributed by atoms with E-state index < -0.39 is 0 Å². The van der Waals surface area contributed by atoms with E-state index in [-0.39, 0.29) is 0 Å². The molecule has 1 aromatic carbocycles. The first-order chi connectivity index (χ1) is 8.17. The predicted molar refractivity (Wildman–Crippen MR) is 70.0 cm³/mol. The molecule has 0 aliphatic carbocycles. The van der Waals surface area contributed by atoms with E-state index in [9.17, 15) is 0 Å². The van der Waals surface area contributed by atoms with E-state index in [2.05, 4.69) is 22.6 Å². The average Bonchev–Trinajstić information content (AvgIpc) is 2.70. The van der Waals surface area contributed by atoms with Gasteiger partial charge in [-0.05, 0) is 31.5 Å². The zero-order valence-electron chi connectivity index (χ0n) is 10.2. The van der Waals surface area contributed by atoms with Crippen LogP contribution in [-0.2, 0) is 6.42 Å². The van der Waals surface area contributed by atoms with E-state index in [0.717, 1.165) is 29.2 Å². The number of aromatic nitrogens is 3. The largest absolute Gasteiger partial charge is 0.386 e. The summed E-state index contributed by atoms with van der Waals surface area (Å²) in [5, 5.41) is 12.1. The van der Waals surface area contributed by atoms with Gasteiger partial charge in [-0.3, -0.25) is 0 Å². The van der Waals surface area contributed by atoms with Crippen molar-refractivity contribution in [2.24, 2.45) is 0 Å². The molecule has 0 spiro atoms. The first kappa shape index (κ1) is 11.9. The minimum absolute atomic E-state index is 0.687. The van der Waals surface area contributed by atoms with E-state index >= 15 is 0 Å². The van der Waals surface area contributed by atoms with Gasteiger partial charge in [0.15, 0.2) is 0 Å². The normalized spacial score (nSPS) is 10.6. The third-order valence-electron chi connectivity index (χ3n) is 2.78. The molecule has 1 heterocycles. The van der Waals surface area contributed by atoms with Gasteiger partial charge in [-0.1, -0.05) is 23.7 Å². The zero-order chi connectivity index (χ0) is 12.4. The number of rotatable bonds is 3. The van der Waals surface area contributed by atoms with Crippen LogP contribution < -0.4 is 5.32 Å². The molecule has 1 aromatic heterocycles. The van der Waals surface area contributed by atoms with Crippen LogP contribution in [0.2, 0.25) is 5.02 Å². The molecule has 1 N–H and O–H groups in total. The Balaban J connectivity index is 2.58. The van der Waals surface area contributed by atoms with Crippen molar-refractivity contribution in [3.8, 4) is 5.69 Å². The second-order valence-corrected chi connectivity index (χ2v) is 4.23. The monoisotopic (exact) mass is 250 g/mol. The minimum atomic E-state index is 0.687. The van der Waals surface area contributed by atoms with Gasteiger partial charge in [0.2, 0.25) is 0 Å². The van der Waals surface area contributed by atoms with Gasteiger partial charge in [0, 0.05) is 12.1 Å². The highest BCUT2D eigenvalue weighted by atomic mass is 35.5. The lowest BCUT2D eigenvalue weighted by atomic mass is 10.2. The van der Waals surface area contributed by atoms with Gasteiger partial charge < -0.3 is 5.32 Å². The fourth-order valence-electron chi connectivity index (χ4n) is 1.81. The predicted octanol–water partition coefficient (Wildman–Crippen LogP) is 2.83. The van der Waals surface area contributed by atoms with Crippen LogP contribution in [0.3, 0.4) is 0 Å². The summed E-state index contributed by atoms with van der Waals surface area (Å²) in [6, 6.07) is 5.67. The van der Waals surface area contributed by atoms with Gasteiger partial charge in [0.25, 0.3) is 0 Å². The second-order valence-electron chi connectivity index (χ2n) is 3.80.